The zero-order valence-electron chi connectivity index (χ0n) is 8.61. The molecule has 0 saturated carbocycles. The lowest BCUT2D eigenvalue weighted by atomic mass is 10.1. The third-order valence-electron chi connectivity index (χ3n) is 2.42. The van der Waals surface area contributed by atoms with E-state index in [2.05, 4.69) is 4.98 Å². The van der Waals surface area contributed by atoms with E-state index in [4.69, 9.17) is 0 Å². The highest BCUT2D eigenvalue weighted by Gasteiger charge is 2.15. The van der Waals surface area contributed by atoms with Gasteiger partial charge in [0.25, 0.3) is 6.43 Å². The lowest BCUT2D eigenvalue weighted by Crippen LogP contribution is -1.97. The summed E-state index contributed by atoms with van der Waals surface area (Å²) in [6, 6.07) is 3.04. The van der Waals surface area contributed by atoms with E-state index >= 15 is 0 Å². The van der Waals surface area contributed by atoms with Crippen molar-refractivity contribution in [1.29, 1.82) is 0 Å². The van der Waals surface area contributed by atoms with Crippen LogP contribution in [-0.2, 0) is 0 Å². The maximum absolute atomic E-state index is 12.7. The first kappa shape index (κ1) is 10.1. The van der Waals surface area contributed by atoms with Gasteiger partial charge in [0.2, 0.25) is 0 Å². The van der Waals surface area contributed by atoms with E-state index in [1.165, 1.54) is 6.07 Å². The quantitative estimate of drug-likeness (QED) is 0.742. The smallest absolute Gasteiger partial charge is 0.267 e. The molecule has 2 rings (SSSR count). The van der Waals surface area contributed by atoms with Crippen LogP contribution in [0.15, 0.2) is 24.5 Å². The Morgan fingerprint density at radius 3 is 2.67 bits per heavy atom. The molecule has 4 heteroatoms. The summed E-state index contributed by atoms with van der Waals surface area (Å²) in [7, 11) is 0. The minimum Gasteiger partial charge on any atom is -0.303 e. The number of rotatable bonds is 2. The predicted octanol–water partition coefficient (Wildman–Crippen LogP) is 3.40. The van der Waals surface area contributed by atoms with Crippen molar-refractivity contribution in [3.63, 3.8) is 0 Å². The Bertz CT molecular complexity index is 474. The molecule has 0 spiro atoms. The van der Waals surface area contributed by atoms with Crippen molar-refractivity contribution in [2.24, 2.45) is 0 Å². The van der Waals surface area contributed by atoms with Crippen molar-refractivity contribution in [3.05, 3.63) is 35.8 Å². The van der Waals surface area contributed by atoms with Crippen molar-refractivity contribution >= 4 is 5.65 Å². The van der Waals surface area contributed by atoms with Crippen molar-refractivity contribution in [2.75, 3.05) is 0 Å². The van der Waals surface area contributed by atoms with Crippen LogP contribution in [0, 0.1) is 0 Å². The van der Waals surface area contributed by atoms with Crippen LogP contribution in [0.3, 0.4) is 0 Å². The minimum absolute atomic E-state index is 0.00981. The van der Waals surface area contributed by atoms with Crippen molar-refractivity contribution in [3.8, 4) is 0 Å². The van der Waals surface area contributed by atoms with Crippen molar-refractivity contribution in [1.82, 2.24) is 9.38 Å². The molecule has 0 atom stereocenters. The van der Waals surface area contributed by atoms with Gasteiger partial charge in [-0.2, -0.15) is 0 Å². The summed E-state index contributed by atoms with van der Waals surface area (Å²) in [6.07, 6.45) is 0.950. The van der Waals surface area contributed by atoms with Crippen LogP contribution in [0.4, 0.5) is 8.78 Å². The number of hydrogen-bond acceptors (Lipinski definition) is 1. The lowest BCUT2D eigenvalue weighted by Gasteiger charge is -2.06. The average molecular weight is 210 g/mol. The number of halogens is 2. The highest BCUT2D eigenvalue weighted by Crippen LogP contribution is 2.25. The van der Waals surface area contributed by atoms with E-state index in [1.807, 2.05) is 13.8 Å². The normalized spacial score (nSPS) is 11.9. The Labute approximate surface area is 86.6 Å². The molecule has 0 aliphatic rings. The van der Waals surface area contributed by atoms with E-state index < -0.39 is 6.43 Å². The summed E-state index contributed by atoms with van der Waals surface area (Å²) in [5.41, 5.74) is 1.30. The zero-order chi connectivity index (χ0) is 11.0. The van der Waals surface area contributed by atoms with Crippen LogP contribution in [-0.4, -0.2) is 9.38 Å². The molecule has 0 unspecified atom stereocenters. The molecule has 0 aromatic carbocycles. The summed E-state index contributed by atoms with van der Waals surface area (Å²) in [4.78, 5) is 4.04. The Morgan fingerprint density at radius 2 is 2.07 bits per heavy atom. The number of nitrogens with zero attached hydrogens (tertiary/aromatic N) is 2. The molecule has 0 N–H and O–H groups in total. The second kappa shape index (κ2) is 3.61. The van der Waals surface area contributed by atoms with Gasteiger partial charge in [-0.1, -0.05) is 13.8 Å². The summed E-state index contributed by atoms with van der Waals surface area (Å²) in [5.74, 6) is 0.271. The Kier molecular flexibility index (Phi) is 2.42. The minimum atomic E-state index is -2.48. The SMILES string of the molecule is CC(C)c1cnc2c(C(F)F)cccn12. The molecule has 0 bridgehead atoms. The van der Waals surface area contributed by atoms with Crippen LogP contribution >= 0.6 is 0 Å². The van der Waals surface area contributed by atoms with E-state index in [0.717, 1.165) is 5.69 Å². The topological polar surface area (TPSA) is 17.3 Å². The molecule has 80 valence electrons. The molecular weight excluding hydrogens is 198 g/mol. The van der Waals surface area contributed by atoms with Gasteiger partial charge in [-0.3, -0.25) is 0 Å². The highest BCUT2D eigenvalue weighted by atomic mass is 19.3. The van der Waals surface area contributed by atoms with Gasteiger partial charge in [-0.15, -0.1) is 0 Å². The Morgan fingerprint density at radius 1 is 1.33 bits per heavy atom. The van der Waals surface area contributed by atoms with Gasteiger partial charge >= 0.3 is 0 Å². The fourth-order valence-electron chi connectivity index (χ4n) is 1.65. The molecule has 2 aromatic rings. The van der Waals surface area contributed by atoms with E-state index in [0.29, 0.717) is 5.65 Å². The fourth-order valence-corrected chi connectivity index (χ4v) is 1.65. The highest BCUT2D eigenvalue weighted by molar-refractivity contribution is 5.50. The van der Waals surface area contributed by atoms with E-state index in [9.17, 15) is 8.78 Å². The maximum Gasteiger partial charge on any atom is 0.267 e. The average Bonchev–Trinajstić information content (AvgIpc) is 2.59. The number of fused-ring (bicyclic) bond motifs is 1. The second-order valence-electron chi connectivity index (χ2n) is 3.80. The number of hydrogen-bond donors (Lipinski definition) is 0. The molecular formula is C11H12F2N2. The van der Waals surface area contributed by atoms with Crippen LogP contribution in [0.25, 0.3) is 5.65 Å². The van der Waals surface area contributed by atoms with Gasteiger partial charge in [0.1, 0.15) is 5.65 Å². The first-order chi connectivity index (χ1) is 7.11. The molecule has 15 heavy (non-hydrogen) atoms. The lowest BCUT2D eigenvalue weighted by molar-refractivity contribution is 0.152. The zero-order valence-corrected chi connectivity index (χ0v) is 8.61. The van der Waals surface area contributed by atoms with Crippen LogP contribution in [0.5, 0.6) is 0 Å². The van der Waals surface area contributed by atoms with Gasteiger partial charge < -0.3 is 4.40 Å². The van der Waals surface area contributed by atoms with Crippen LogP contribution < -0.4 is 0 Å². The largest absolute Gasteiger partial charge is 0.303 e. The monoisotopic (exact) mass is 210 g/mol. The molecule has 0 amide bonds. The molecule has 0 radical (unpaired) electrons. The van der Waals surface area contributed by atoms with Crippen LogP contribution in [0.2, 0.25) is 0 Å². The predicted molar refractivity (Wildman–Crippen MR) is 54.2 cm³/mol. The number of alkyl halides is 2. The standard InChI is InChI=1S/C11H12F2N2/c1-7(2)9-6-14-11-8(10(12)13)4-3-5-15(9)11/h3-7,10H,1-2H3. The van der Waals surface area contributed by atoms with Crippen LogP contribution in [0.1, 0.15) is 37.4 Å². The molecule has 0 aliphatic carbocycles. The fraction of sp³-hybridized carbons (Fsp3) is 0.364. The van der Waals surface area contributed by atoms with Gasteiger partial charge in [-0.05, 0) is 18.1 Å². The number of pyridine rings is 1. The number of imidazole rings is 1. The molecule has 0 fully saturated rings. The van der Waals surface area contributed by atoms with Gasteiger partial charge in [0.15, 0.2) is 0 Å². The van der Waals surface area contributed by atoms with Crippen molar-refractivity contribution < 1.29 is 8.78 Å². The van der Waals surface area contributed by atoms with E-state index in [1.54, 1.807) is 22.9 Å². The van der Waals surface area contributed by atoms with Gasteiger partial charge in [0, 0.05) is 18.1 Å². The maximum atomic E-state index is 12.7. The molecule has 2 nitrogen and oxygen atoms in total. The summed E-state index contributed by atoms with van der Waals surface area (Å²) in [5, 5.41) is 0. The summed E-state index contributed by atoms with van der Waals surface area (Å²) >= 11 is 0. The molecule has 2 aromatic heterocycles. The van der Waals surface area contributed by atoms with E-state index in [-0.39, 0.29) is 11.5 Å². The third-order valence-corrected chi connectivity index (χ3v) is 2.42. The summed E-state index contributed by atoms with van der Waals surface area (Å²) in [6.45, 7) is 4.02. The molecule has 0 aliphatic heterocycles. The second-order valence-corrected chi connectivity index (χ2v) is 3.80. The Hall–Kier alpha value is -1.45. The molecule has 0 saturated heterocycles. The summed E-state index contributed by atoms with van der Waals surface area (Å²) < 4.78 is 27.0. The van der Waals surface area contributed by atoms with Gasteiger partial charge in [-0.25, -0.2) is 13.8 Å². The first-order valence-corrected chi connectivity index (χ1v) is 4.85. The third kappa shape index (κ3) is 1.60. The van der Waals surface area contributed by atoms with Crippen molar-refractivity contribution in [2.45, 2.75) is 26.2 Å². The van der Waals surface area contributed by atoms with Gasteiger partial charge in [0.05, 0.1) is 5.56 Å². The first-order valence-electron chi connectivity index (χ1n) is 4.85. The molecule has 2 heterocycles. The Balaban J connectivity index is 2.69. The number of aromatic nitrogens is 2.